The Balaban J connectivity index is 1.95. The van der Waals surface area contributed by atoms with Crippen LogP contribution in [0.25, 0.3) is 10.9 Å². The lowest BCUT2D eigenvalue weighted by molar-refractivity contribution is -0.119. The summed E-state index contributed by atoms with van der Waals surface area (Å²) in [5, 5.41) is 1.08. The predicted octanol–water partition coefficient (Wildman–Crippen LogP) is 4.19. The van der Waals surface area contributed by atoms with Crippen molar-refractivity contribution in [1.29, 1.82) is 0 Å². The number of primary amides is 1. The van der Waals surface area contributed by atoms with Crippen LogP contribution in [0.5, 0.6) is 0 Å². The second-order valence-electron chi connectivity index (χ2n) is 6.33. The monoisotopic (exact) mass is 398 g/mol. The number of hydrogen-bond donors (Lipinski definition) is 1. The molecule has 25 heavy (non-hydrogen) atoms. The summed E-state index contributed by atoms with van der Waals surface area (Å²) in [6.07, 6.45) is 4.48. The van der Waals surface area contributed by atoms with E-state index >= 15 is 0 Å². The molecule has 0 spiro atoms. The van der Waals surface area contributed by atoms with Gasteiger partial charge in [-0.2, -0.15) is 0 Å². The van der Waals surface area contributed by atoms with E-state index in [0.29, 0.717) is 19.4 Å². The second kappa shape index (κ2) is 6.30. The van der Waals surface area contributed by atoms with Gasteiger partial charge in [0, 0.05) is 27.6 Å². The molecule has 3 nitrogen and oxygen atoms in total. The van der Waals surface area contributed by atoms with E-state index in [2.05, 4.69) is 33.0 Å². The third-order valence-corrected chi connectivity index (χ3v) is 5.22. The van der Waals surface area contributed by atoms with Crippen molar-refractivity contribution in [2.24, 2.45) is 5.73 Å². The molecule has 1 aliphatic carbocycles. The van der Waals surface area contributed by atoms with E-state index in [1.807, 2.05) is 18.2 Å². The molecule has 0 saturated carbocycles. The first-order chi connectivity index (χ1) is 12.0. The van der Waals surface area contributed by atoms with Crippen LogP contribution >= 0.6 is 15.9 Å². The molecule has 4 rings (SSSR count). The molecule has 2 radical (unpaired) electrons. The van der Waals surface area contributed by atoms with Crippen molar-refractivity contribution in [3.63, 3.8) is 0 Å². The number of amides is 1. The van der Waals surface area contributed by atoms with Crippen molar-refractivity contribution < 1.29 is 9.18 Å². The number of nitrogens with zero attached hydrogens (tertiary/aromatic N) is 1. The molecule has 0 saturated heterocycles. The minimum Gasteiger partial charge on any atom is -0.369 e. The molecule has 1 heterocycles. The highest BCUT2D eigenvalue weighted by molar-refractivity contribution is 9.10. The molecule has 5 heteroatoms. The van der Waals surface area contributed by atoms with Gasteiger partial charge in [0.05, 0.1) is 5.92 Å². The van der Waals surface area contributed by atoms with Gasteiger partial charge in [-0.15, -0.1) is 0 Å². The molecule has 1 aromatic heterocycles. The minimum atomic E-state index is -0.400. The number of aromatic nitrogens is 1. The van der Waals surface area contributed by atoms with Crippen molar-refractivity contribution in [1.82, 2.24) is 4.57 Å². The molecular weight excluding hydrogens is 383 g/mol. The minimum absolute atomic E-state index is 0.265. The van der Waals surface area contributed by atoms with Gasteiger partial charge >= 0.3 is 0 Å². The summed E-state index contributed by atoms with van der Waals surface area (Å²) in [5.74, 6) is -1.02. The van der Waals surface area contributed by atoms with E-state index in [-0.39, 0.29) is 11.7 Å². The number of benzene rings is 2. The summed E-state index contributed by atoms with van der Waals surface area (Å²) in [6.45, 7) is 0.495. The summed E-state index contributed by atoms with van der Waals surface area (Å²) in [4.78, 5) is 12.0. The van der Waals surface area contributed by atoms with Crippen LogP contribution in [0.2, 0.25) is 0 Å². The third kappa shape index (κ3) is 2.86. The summed E-state index contributed by atoms with van der Waals surface area (Å²) in [7, 11) is 0. The van der Waals surface area contributed by atoms with Crippen molar-refractivity contribution in [3.8, 4) is 0 Å². The summed E-state index contributed by atoms with van der Waals surface area (Å²) in [6, 6.07) is 12.6. The van der Waals surface area contributed by atoms with E-state index in [9.17, 15) is 9.18 Å². The Bertz CT molecular complexity index is 979. The van der Waals surface area contributed by atoms with E-state index < -0.39 is 5.92 Å². The number of hydrogen-bond acceptors (Lipinski definition) is 1. The fourth-order valence-electron chi connectivity index (χ4n) is 3.66. The smallest absolute Gasteiger partial charge is 0.226 e. The Labute approximate surface area is 153 Å². The van der Waals surface area contributed by atoms with Gasteiger partial charge in [-0.1, -0.05) is 28.1 Å². The number of carbonyl (C=O) groups is 1. The van der Waals surface area contributed by atoms with Gasteiger partial charge in [0.15, 0.2) is 0 Å². The first-order valence-corrected chi connectivity index (χ1v) is 8.89. The maximum Gasteiger partial charge on any atom is 0.226 e. The van der Waals surface area contributed by atoms with Crippen LogP contribution < -0.4 is 5.73 Å². The van der Waals surface area contributed by atoms with Crippen molar-refractivity contribution >= 4 is 32.7 Å². The maximum atomic E-state index is 13.6. The SMILES string of the molecule is NC(=O)C1C[C]Cc2c1n(Cc1cccc(F)c1)c1ccc(Br)cc21. The normalized spacial score (nSPS) is 16.8. The molecule has 3 aromatic rings. The number of carbonyl (C=O) groups excluding carboxylic acids is 1. The Morgan fingerprint density at radius 1 is 1.32 bits per heavy atom. The first kappa shape index (κ1) is 16.3. The summed E-state index contributed by atoms with van der Waals surface area (Å²) < 4.78 is 16.7. The van der Waals surface area contributed by atoms with Gasteiger partial charge in [0.1, 0.15) is 5.82 Å². The van der Waals surface area contributed by atoms with Crippen molar-refractivity contribution in [2.45, 2.75) is 25.3 Å². The molecule has 1 aliphatic rings. The number of nitrogens with two attached hydrogens (primary N) is 1. The highest BCUT2D eigenvalue weighted by Gasteiger charge is 2.31. The van der Waals surface area contributed by atoms with Crippen LogP contribution in [0.1, 0.15) is 29.2 Å². The average Bonchev–Trinajstić information content (AvgIpc) is 2.88. The zero-order chi connectivity index (χ0) is 17.6. The lowest BCUT2D eigenvalue weighted by atomic mass is 9.86. The lowest BCUT2D eigenvalue weighted by Crippen LogP contribution is -2.27. The molecule has 2 aromatic carbocycles. The van der Waals surface area contributed by atoms with Crippen LogP contribution in [0.15, 0.2) is 46.9 Å². The van der Waals surface area contributed by atoms with E-state index in [1.54, 1.807) is 6.07 Å². The molecule has 0 aliphatic heterocycles. The van der Waals surface area contributed by atoms with Crippen LogP contribution in [-0.4, -0.2) is 10.5 Å². The summed E-state index contributed by atoms with van der Waals surface area (Å²) >= 11 is 3.52. The fraction of sp³-hybridized carbons (Fsp3) is 0.200. The van der Waals surface area contributed by atoms with Gasteiger partial charge < -0.3 is 10.3 Å². The van der Waals surface area contributed by atoms with Crippen LogP contribution in [-0.2, 0) is 17.8 Å². The van der Waals surface area contributed by atoms with E-state index in [0.717, 1.165) is 32.2 Å². The molecule has 2 N–H and O–H groups in total. The van der Waals surface area contributed by atoms with Gasteiger partial charge in [-0.25, -0.2) is 4.39 Å². The lowest BCUT2D eigenvalue weighted by Gasteiger charge is -2.23. The topological polar surface area (TPSA) is 48.0 Å². The number of rotatable bonds is 3. The van der Waals surface area contributed by atoms with Crippen LogP contribution in [0.4, 0.5) is 4.39 Å². The largest absolute Gasteiger partial charge is 0.369 e. The molecule has 126 valence electrons. The standard InChI is InChI=1S/C20H16BrFN2O/c21-13-7-8-18-17(10-13)15-5-2-6-16(20(23)25)19(15)24(18)11-12-3-1-4-14(22)9-12/h1,3-4,7-10,16H,5-6,11H2,(H2,23,25). The zero-order valence-electron chi connectivity index (χ0n) is 13.4. The molecule has 1 atom stereocenters. The average molecular weight is 399 g/mol. The fourth-order valence-corrected chi connectivity index (χ4v) is 4.02. The van der Waals surface area contributed by atoms with Gasteiger partial charge in [-0.05, 0) is 60.7 Å². The van der Waals surface area contributed by atoms with Crippen molar-refractivity contribution in [3.05, 3.63) is 76.0 Å². The zero-order valence-corrected chi connectivity index (χ0v) is 15.0. The molecule has 0 fully saturated rings. The van der Waals surface area contributed by atoms with Crippen LogP contribution in [0, 0.1) is 12.2 Å². The van der Waals surface area contributed by atoms with Gasteiger partial charge in [0.25, 0.3) is 0 Å². The molecular formula is C20H16BrFN2O. The number of fused-ring (bicyclic) bond motifs is 3. The Morgan fingerprint density at radius 2 is 2.16 bits per heavy atom. The summed E-state index contributed by atoms with van der Waals surface area (Å²) in [5.41, 5.74) is 9.55. The Kier molecular flexibility index (Phi) is 4.12. The molecule has 0 bridgehead atoms. The highest BCUT2D eigenvalue weighted by Crippen LogP contribution is 2.39. The highest BCUT2D eigenvalue weighted by atomic mass is 79.9. The van der Waals surface area contributed by atoms with Crippen molar-refractivity contribution in [2.75, 3.05) is 0 Å². The quantitative estimate of drug-likeness (QED) is 0.706. The third-order valence-electron chi connectivity index (χ3n) is 4.73. The van der Waals surface area contributed by atoms with Gasteiger partial charge in [-0.3, -0.25) is 4.79 Å². The Morgan fingerprint density at radius 3 is 2.92 bits per heavy atom. The molecule has 1 amide bonds. The maximum absolute atomic E-state index is 13.6. The van der Waals surface area contributed by atoms with Crippen LogP contribution in [0.3, 0.4) is 0 Å². The van der Waals surface area contributed by atoms with E-state index in [4.69, 9.17) is 5.73 Å². The van der Waals surface area contributed by atoms with Gasteiger partial charge in [0.2, 0.25) is 5.91 Å². The number of halogens is 2. The molecule has 1 unspecified atom stereocenters. The first-order valence-electron chi connectivity index (χ1n) is 8.09. The predicted molar refractivity (Wildman–Crippen MR) is 98.6 cm³/mol. The second-order valence-corrected chi connectivity index (χ2v) is 7.24. The van der Waals surface area contributed by atoms with E-state index in [1.165, 1.54) is 12.1 Å². The Hall–Kier alpha value is -2.14.